The highest BCUT2D eigenvalue weighted by atomic mass is 16.4. The number of aromatic carboxylic acids is 1. The Morgan fingerprint density at radius 1 is 1.35 bits per heavy atom. The van der Waals surface area contributed by atoms with E-state index in [1.54, 1.807) is 0 Å². The lowest BCUT2D eigenvalue weighted by Crippen LogP contribution is -2.42. The molecule has 2 heterocycles. The molecule has 1 N–H and O–H groups in total. The summed E-state index contributed by atoms with van der Waals surface area (Å²) in [5.74, 6) is -1.15. The monoisotopic (exact) mass is 276 g/mol. The maximum Gasteiger partial charge on any atom is 0.354 e. The molecular weight excluding hydrogens is 256 g/mol. The van der Waals surface area contributed by atoms with E-state index in [4.69, 9.17) is 5.11 Å². The normalized spacial score (nSPS) is 17.8. The van der Waals surface area contributed by atoms with Crippen molar-refractivity contribution in [2.75, 3.05) is 13.1 Å². The molecule has 0 atom stereocenters. The first-order chi connectivity index (χ1) is 9.45. The molecule has 0 spiro atoms. The fourth-order valence-electron chi connectivity index (χ4n) is 2.43. The van der Waals surface area contributed by atoms with Crippen molar-refractivity contribution in [2.24, 2.45) is 5.41 Å². The molecule has 5 heteroatoms. The van der Waals surface area contributed by atoms with Crippen molar-refractivity contribution in [1.82, 2.24) is 9.88 Å². The Balaban J connectivity index is 2.03. The molecule has 0 saturated carbocycles. The Bertz CT molecular complexity index is 502. The third kappa shape index (κ3) is 2.98. The summed E-state index contributed by atoms with van der Waals surface area (Å²) in [5.41, 5.74) is 0.746. The summed E-state index contributed by atoms with van der Waals surface area (Å²) < 4.78 is 0. The molecule has 1 amide bonds. The van der Waals surface area contributed by atoms with Gasteiger partial charge in [0.15, 0.2) is 0 Å². The minimum absolute atomic E-state index is 0.0428. The van der Waals surface area contributed by atoms with E-state index >= 15 is 0 Å². The number of carbonyl (C=O) groups is 2. The van der Waals surface area contributed by atoms with Crippen molar-refractivity contribution in [2.45, 2.75) is 33.1 Å². The molecule has 1 aliphatic heterocycles. The van der Waals surface area contributed by atoms with E-state index in [-0.39, 0.29) is 11.6 Å². The number of nitrogens with zero attached hydrogens (tertiary/aromatic N) is 2. The van der Waals surface area contributed by atoms with E-state index in [9.17, 15) is 9.59 Å². The first-order valence-electron chi connectivity index (χ1n) is 6.94. The lowest BCUT2D eigenvalue weighted by Gasteiger charge is -2.38. The summed E-state index contributed by atoms with van der Waals surface area (Å²) in [4.78, 5) is 28.7. The number of carbonyl (C=O) groups excluding carboxylic acids is 1. The number of hydrogen-bond acceptors (Lipinski definition) is 3. The zero-order chi connectivity index (χ0) is 14.8. The van der Waals surface area contributed by atoms with Crippen LogP contribution in [-0.4, -0.2) is 40.0 Å². The Labute approximate surface area is 118 Å². The van der Waals surface area contributed by atoms with E-state index in [2.05, 4.69) is 18.8 Å². The summed E-state index contributed by atoms with van der Waals surface area (Å²) in [6.45, 7) is 5.96. The smallest absolute Gasteiger partial charge is 0.354 e. The lowest BCUT2D eigenvalue weighted by atomic mass is 9.78. The van der Waals surface area contributed by atoms with Crippen LogP contribution in [0, 0.1) is 5.41 Å². The zero-order valence-electron chi connectivity index (χ0n) is 11.9. The van der Waals surface area contributed by atoms with Crippen LogP contribution in [0.25, 0.3) is 0 Å². The van der Waals surface area contributed by atoms with Gasteiger partial charge >= 0.3 is 5.97 Å². The Morgan fingerprint density at radius 2 is 2.00 bits per heavy atom. The Kier molecular flexibility index (Phi) is 4.06. The van der Waals surface area contributed by atoms with E-state index in [0.717, 1.165) is 32.4 Å². The zero-order valence-corrected chi connectivity index (χ0v) is 11.9. The number of rotatable bonds is 3. The molecule has 0 aliphatic carbocycles. The van der Waals surface area contributed by atoms with Crippen LogP contribution in [0.5, 0.6) is 0 Å². The quantitative estimate of drug-likeness (QED) is 0.920. The van der Waals surface area contributed by atoms with E-state index in [0.29, 0.717) is 11.0 Å². The van der Waals surface area contributed by atoms with Crippen molar-refractivity contribution >= 4 is 11.9 Å². The van der Waals surface area contributed by atoms with Crippen LogP contribution in [0.2, 0.25) is 0 Å². The van der Waals surface area contributed by atoms with Crippen molar-refractivity contribution < 1.29 is 14.7 Å². The predicted molar refractivity (Wildman–Crippen MR) is 74.7 cm³/mol. The van der Waals surface area contributed by atoms with E-state index < -0.39 is 5.97 Å². The number of carboxylic acid groups (broad SMARTS) is 1. The third-order valence-electron chi connectivity index (χ3n) is 4.34. The molecule has 0 bridgehead atoms. The standard InChI is InChI=1S/C15H20N2O3/c1-3-15(2)6-8-17(9-7-15)13(18)11-4-5-12(14(19)20)16-10-11/h4-5,10H,3,6-9H2,1-2H3,(H,19,20). The molecule has 2 rings (SSSR count). The highest BCUT2D eigenvalue weighted by Crippen LogP contribution is 2.34. The SMILES string of the molecule is CCC1(C)CCN(C(=O)c2ccc(C(=O)O)nc2)CC1. The largest absolute Gasteiger partial charge is 0.477 e. The van der Waals surface area contributed by atoms with Gasteiger partial charge in [-0.1, -0.05) is 20.3 Å². The van der Waals surface area contributed by atoms with Gasteiger partial charge in [-0.05, 0) is 30.4 Å². The fraction of sp³-hybridized carbons (Fsp3) is 0.533. The van der Waals surface area contributed by atoms with Gasteiger partial charge in [-0.2, -0.15) is 0 Å². The molecule has 1 fully saturated rings. The molecule has 1 aromatic heterocycles. The summed E-state index contributed by atoms with van der Waals surface area (Å²) in [7, 11) is 0. The maximum atomic E-state index is 12.3. The second kappa shape index (κ2) is 5.61. The molecule has 1 aromatic rings. The molecule has 1 saturated heterocycles. The van der Waals surface area contributed by atoms with Crippen LogP contribution < -0.4 is 0 Å². The van der Waals surface area contributed by atoms with Crippen molar-refractivity contribution in [1.29, 1.82) is 0 Å². The minimum atomic E-state index is -1.08. The lowest BCUT2D eigenvalue weighted by molar-refractivity contribution is 0.0597. The van der Waals surface area contributed by atoms with Crippen molar-refractivity contribution in [3.05, 3.63) is 29.6 Å². The van der Waals surface area contributed by atoms with Crippen LogP contribution in [0.3, 0.4) is 0 Å². The highest BCUT2D eigenvalue weighted by Gasteiger charge is 2.30. The number of carboxylic acids is 1. The minimum Gasteiger partial charge on any atom is -0.477 e. The first-order valence-corrected chi connectivity index (χ1v) is 6.94. The second-order valence-corrected chi connectivity index (χ2v) is 5.69. The highest BCUT2D eigenvalue weighted by molar-refractivity contribution is 5.95. The molecule has 0 unspecified atom stereocenters. The third-order valence-corrected chi connectivity index (χ3v) is 4.34. The van der Waals surface area contributed by atoms with Gasteiger partial charge in [0.2, 0.25) is 0 Å². The first kappa shape index (κ1) is 14.5. The van der Waals surface area contributed by atoms with Gasteiger partial charge in [0, 0.05) is 19.3 Å². The average molecular weight is 276 g/mol. The number of pyridine rings is 1. The topological polar surface area (TPSA) is 70.5 Å². The molecule has 0 radical (unpaired) electrons. The maximum absolute atomic E-state index is 12.3. The van der Waals surface area contributed by atoms with Crippen molar-refractivity contribution in [3.8, 4) is 0 Å². The Morgan fingerprint density at radius 3 is 2.45 bits per heavy atom. The van der Waals surface area contributed by atoms with E-state index in [1.165, 1.54) is 18.3 Å². The molecule has 108 valence electrons. The molecule has 1 aliphatic rings. The van der Waals surface area contributed by atoms with Gasteiger partial charge < -0.3 is 10.0 Å². The van der Waals surface area contributed by atoms with Gasteiger partial charge in [0.05, 0.1) is 5.56 Å². The van der Waals surface area contributed by atoms with Crippen LogP contribution in [0.15, 0.2) is 18.3 Å². The number of amides is 1. The molecule has 0 aromatic carbocycles. The number of likely N-dealkylation sites (tertiary alicyclic amines) is 1. The fourth-order valence-corrected chi connectivity index (χ4v) is 2.43. The Hall–Kier alpha value is -1.91. The number of hydrogen-bond donors (Lipinski definition) is 1. The van der Waals surface area contributed by atoms with Crippen molar-refractivity contribution in [3.63, 3.8) is 0 Å². The van der Waals surface area contributed by atoms with Gasteiger partial charge in [-0.15, -0.1) is 0 Å². The van der Waals surface area contributed by atoms with Gasteiger partial charge in [-0.3, -0.25) is 4.79 Å². The van der Waals surface area contributed by atoms with E-state index in [1.807, 2.05) is 4.90 Å². The van der Waals surface area contributed by atoms with Gasteiger partial charge in [-0.25, -0.2) is 9.78 Å². The molecule has 5 nitrogen and oxygen atoms in total. The molecule has 20 heavy (non-hydrogen) atoms. The summed E-state index contributed by atoms with van der Waals surface area (Å²) in [5, 5.41) is 8.79. The number of aromatic nitrogens is 1. The second-order valence-electron chi connectivity index (χ2n) is 5.69. The van der Waals surface area contributed by atoms with Crippen LogP contribution in [0.1, 0.15) is 54.0 Å². The van der Waals surface area contributed by atoms with Crippen LogP contribution in [-0.2, 0) is 0 Å². The van der Waals surface area contributed by atoms with Crippen LogP contribution >= 0.6 is 0 Å². The van der Waals surface area contributed by atoms with Crippen LogP contribution in [0.4, 0.5) is 0 Å². The summed E-state index contributed by atoms with van der Waals surface area (Å²) >= 11 is 0. The predicted octanol–water partition coefficient (Wildman–Crippen LogP) is 2.43. The average Bonchev–Trinajstić information content (AvgIpc) is 2.47. The summed E-state index contributed by atoms with van der Waals surface area (Å²) in [6, 6.07) is 2.90. The summed E-state index contributed by atoms with van der Waals surface area (Å²) in [6.07, 6.45) is 4.50. The van der Waals surface area contributed by atoms with Gasteiger partial charge in [0.1, 0.15) is 5.69 Å². The number of piperidine rings is 1. The molecular formula is C15H20N2O3. The van der Waals surface area contributed by atoms with Gasteiger partial charge in [0.25, 0.3) is 5.91 Å².